The van der Waals surface area contributed by atoms with Crippen molar-refractivity contribution in [2.45, 2.75) is 77.3 Å². The second kappa shape index (κ2) is 18.2. The first-order valence-electron chi connectivity index (χ1n) is 20.5. The molecule has 7 rings (SSSR count). The molecule has 1 atom stereocenters. The van der Waals surface area contributed by atoms with Gasteiger partial charge in [-0.3, -0.25) is 0 Å². The Morgan fingerprint density at radius 3 is 1.67 bits per heavy atom. The van der Waals surface area contributed by atoms with Gasteiger partial charge in [0.1, 0.15) is 23.9 Å². The Hall–Kier alpha value is -5.90. The molecule has 0 radical (unpaired) electrons. The molecule has 0 aliphatic carbocycles. The fourth-order valence-corrected chi connectivity index (χ4v) is 17.5. The highest BCUT2D eigenvalue weighted by Gasteiger charge is 2.52. The molecule has 0 N–H and O–H groups in total. The van der Waals surface area contributed by atoms with Gasteiger partial charge in [0, 0.05) is 24.0 Å². The quantitative estimate of drug-likeness (QED) is 0.0623. The van der Waals surface area contributed by atoms with Gasteiger partial charge in [0.2, 0.25) is 5.76 Å². The molecule has 9 heteroatoms. The second-order valence-electron chi connectivity index (χ2n) is 17.2. The number of carbonyl (C=O) groups excluding carboxylic acids is 1. The van der Waals surface area contributed by atoms with Crippen LogP contribution in [0.3, 0.4) is 0 Å². The minimum absolute atomic E-state index is 0.114. The van der Waals surface area contributed by atoms with Gasteiger partial charge in [0.25, 0.3) is 16.6 Å². The number of hydrogen-bond donors (Lipinski definition) is 0. The molecular weight excluding hydrogens is 775 g/mol. The van der Waals surface area contributed by atoms with E-state index in [4.69, 9.17) is 13.4 Å². The molecule has 7 nitrogen and oxygen atoms in total. The summed E-state index contributed by atoms with van der Waals surface area (Å²) in [6.45, 7) is 14.5. The molecule has 0 fully saturated rings. The van der Waals surface area contributed by atoms with Crippen LogP contribution in [0.1, 0.15) is 76.1 Å². The van der Waals surface area contributed by atoms with Crippen LogP contribution in [0.2, 0.25) is 10.1 Å². The molecular formula is C51H53N3O4Si2. The van der Waals surface area contributed by atoms with Crippen LogP contribution in [0.25, 0.3) is 0 Å². The largest absolute Gasteiger partial charge is 0.403 e. The lowest BCUT2D eigenvalue weighted by atomic mass is 10.1. The maximum absolute atomic E-state index is 11.6. The van der Waals surface area contributed by atoms with E-state index in [1.54, 1.807) is 6.20 Å². The number of hydrogen-bond acceptors (Lipinski definition) is 6. The average Bonchev–Trinajstić information content (AvgIpc) is 3.92. The third kappa shape index (κ3) is 8.83. The van der Waals surface area contributed by atoms with E-state index in [1.165, 1.54) is 10.4 Å². The first-order chi connectivity index (χ1) is 28.9. The van der Waals surface area contributed by atoms with Crippen molar-refractivity contribution in [2.24, 2.45) is 0 Å². The number of carbonyl (C=O) groups is 1. The van der Waals surface area contributed by atoms with Gasteiger partial charge >= 0.3 is 0 Å². The van der Waals surface area contributed by atoms with Gasteiger partial charge in [-0.2, -0.15) is 0 Å². The van der Waals surface area contributed by atoms with E-state index in [0.29, 0.717) is 30.4 Å². The van der Waals surface area contributed by atoms with Crippen molar-refractivity contribution in [3.8, 4) is 11.8 Å². The van der Waals surface area contributed by atoms with Crippen LogP contribution >= 0.6 is 0 Å². The van der Waals surface area contributed by atoms with Gasteiger partial charge in [0.15, 0.2) is 0 Å². The summed E-state index contributed by atoms with van der Waals surface area (Å²) in [7, 11) is -5.71. The van der Waals surface area contributed by atoms with Crippen LogP contribution in [0, 0.1) is 11.8 Å². The highest BCUT2D eigenvalue weighted by atomic mass is 28.4. The van der Waals surface area contributed by atoms with E-state index in [0.717, 1.165) is 27.8 Å². The Labute approximate surface area is 356 Å². The molecule has 2 heterocycles. The molecule has 0 amide bonds. The molecule has 0 bridgehead atoms. The van der Waals surface area contributed by atoms with E-state index in [2.05, 4.69) is 185 Å². The van der Waals surface area contributed by atoms with Crippen molar-refractivity contribution in [3.05, 3.63) is 192 Å². The SMILES string of the molecule is CC(C)(C)[Si](OCc1ccc(C#Cc2cc([C@@H](Cn3ccnc3CC=O)O[Si](c3ccccc3)(c3ccccc3)C(C)(C)C)no2)cc1)(c1ccccc1)c1ccccc1. The smallest absolute Gasteiger partial charge is 0.262 e. The van der Waals surface area contributed by atoms with Crippen molar-refractivity contribution in [2.75, 3.05) is 0 Å². The number of aromatic nitrogens is 3. The molecule has 0 unspecified atom stereocenters. The molecule has 0 aliphatic rings. The van der Waals surface area contributed by atoms with E-state index in [9.17, 15) is 4.79 Å². The van der Waals surface area contributed by atoms with Crippen LogP contribution in [-0.2, 0) is 33.2 Å². The third-order valence-corrected chi connectivity index (χ3v) is 21.2. The minimum Gasteiger partial charge on any atom is -0.403 e. The second-order valence-corrected chi connectivity index (χ2v) is 25.7. The fourth-order valence-electron chi connectivity index (χ4n) is 8.32. The molecule has 5 aromatic carbocycles. The highest BCUT2D eigenvalue weighted by Crippen LogP contribution is 2.41. The first kappa shape index (κ1) is 42.2. The molecule has 0 saturated carbocycles. The molecule has 60 heavy (non-hydrogen) atoms. The van der Waals surface area contributed by atoms with Gasteiger partial charge in [-0.05, 0) is 54.4 Å². The van der Waals surface area contributed by atoms with Crippen molar-refractivity contribution in [1.82, 2.24) is 14.7 Å². The summed E-state index contributed by atoms with van der Waals surface area (Å²) >= 11 is 0. The van der Waals surface area contributed by atoms with Gasteiger partial charge in [-0.25, -0.2) is 4.98 Å². The zero-order valence-corrected chi connectivity index (χ0v) is 37.3. The molecule has 0 spiro atoms. The standard InChI is InChI=1S/C51H53N3O4Si2/c1-50(2,3)59(43-19-11-7-12-20-43,44-21-13-8-14-22-44)56-39-41-29-27-40(28-30-41)31-32-42-37-47(53-57-42)48(38-54-35-34-52-49(54)33-36-55)58-60(51(4,5)6,45-23-15-9-16-24-45)46-25-17-10-18-26-46/h7-30,34-37,48H,33,38-39H2,1-6H3/t48-/m1/s1. The van der Waals surface area contributed by atoms with Crippen molar-refractivity contribution >= 4 is 43.7 Å². The Balaban J connectivity index is 1.18. The molecule has 7 aromatic rings. The molecule has 304 valence electrons. The molecule has 0 aliphatic heterocycles. The predicted molar refractivity (Wildman–Crippen MR) is 245 cm³/mol. The predicted octanol–water partition coefficient (Wildman–Crippen LogP) is 8.41. The van der Waals surface area contributed by atoms with E-state index >= 15 is 0 Å². The zero-order chi connectivity index (χ0) is 42.2. The lowest BCUT2D eigenvalue weighted by Crippen LogP contribution is -2.67. The van der Waals surface area contributed by atoms with Gasteiger partial charge in [-0.1, -0.05) is 186 Å². The Kier molecular flexibility index (Phi) is 12.8. The molecule has 2 aromatic heterocycles. The Morgan fingerprint density at radius 2 is 1.18 bits per heavy atom. The number of nitrogens with zero attached hydrogens (tertiary/aromatic N) is 3. The number of aldehydes is 1. The maximum Gasteiger partial charge on any atom is 0.262 e. The summed E-state index contributed by atoms with van der Waals surface area (Å²) < 4.78 is 22.6. The molecule has 0 saturated heterocycles. The summed E-state index contributed by atoms with van der Waals surface area (Å²) in [5, 5.41) is 8.98. The van der Waals surface area contributed by atoms with E-state index < -0.39 is 22.7 Å². The van der Waals surface area contributed by atoms with E-state index in [-0.39, 0.29) is 16.5 Å². The number of benzene rings is 5. The normalized spacial score (nSPS) is 12.7. The monoisotopic (exact) mass is 827 g/mol. The van der Waals surface area contributed by atoms with Crippen molar-refractivity contribution in [3.63, 3.8) is 0 Å². The van der Waals surface area contributed by atoms with Crippen molar-refractivity contribution in [1.29, 1.82) is 0 Å². The minimum atomic E-state index is -3.03. The van der Waals surface area contributed by atoms with Crippen LogP contribution in [-0.4, -0.2) is 37.6 Å². The zero-order valence-electron chi connectivity index (χ0n) is 35.3. The van der Waals surface area contributed by atoms with Crippen molar-refractivity contribution < 1.29 is 18.2 Å². The maximum atomic E-state index is 11.6. The van der Waals surface area contributed by atoms with Crippen LogP contribution in [0.4, 0.5) is 0 Å². The highest BCUT2D eigenvalue weighted by molar-refractivity contribution is 7.00. The van der Waals surface area contributed by atoms with E-state index in [1.807, 2.05) is 41.1 Å². The van der Waals surface area contributed by atoms with Crippen LogP contribution in [0.5, 0.6) is 0 Å². The number of imidazole rings is 1. The Morgan fingerprint density at radius 1 is 0.683 bits per heavy atom. The fraction of sp³-hybridized carbons (Fsp3) is 0.235. The summed E-state index contributed by atoms with van der Waals surface area (Å²) in [5.74, 6) is 7.58. The van der Waals surface area contributed by atoms with Crippen LogP contribution in [0.15, 0.2) is 169 Å². The summed E-state index contributed by atoms with van der Waals surface area (Å²) in [6.07, 6.45) is 4.11. The lowest BCUT2D eigenvalue weighted by Gasteiger charge is -2.45. The van der Waals surface area contributed by atoms with Gasteiger partial charge < -0.3 is 22.7 Å². The Bertz CT molecular complexity index is 2440. The van der Waals surface area contributed by atoms with Crippen LogP contribution < -0.4 is 20.7 Å². The summed E-state index contributed by atoms with van der Waals surface area (Å²) in [5.41, 5.74) is 2.54. The summed E-state index contributed by atoms with van der Waals surface area (Å²) in [6, 6.07) is 52.5. The average molecular weight is 828 g/mol. The number of rotatable bonds is 14. The summed E-state index contributed by atoms with van der Waals surface area (Å²) in [4.78, 5) is 16.1. The third-order valence-electron chi connectivity index (χ3n) is 11.2. The lowest BCUT2D eigenvalue weighted by molar-refractivity contribution is -0.107. The van der Waals surface area contributed by atoms with Gasteiger partial charge in [0.05, 0.1) is 19.6 Å². The van der Waals surface area contributed by atoms with Gasteiger partial charge in [-0.15, -0.1) is 0 Å². The first-order valence-corrected chi connectivity index (χ1v) is 24.3. The topological polar surface area (TPSA) is 79.4 Å².